The second-order valence-electron chi connectivity index (χ2n) is 4.99. The molecule has 1 aromatic rings. The summed E-state index contributed by atoms with van der Waals surface area (Å²) in [5.74, 6) is 0.0884. The van der Waals surface area contributed by atoms with Crippen molar-refractivity contribution in [1.82, 2.24) is 4.90 Å². The van der Waals surface area contributed by atoms with Crippen LogP contribution in [-0.2, 0) is 4.74 Å². The molecule has 1 fully saturated rings. The van der Waals surface area contributed by atoms with Gasteiger partial charge in [0.05, 0.1) is 5.60 Å². The standard InChI is InChI=1S/C14H18BrNO2/c1-14(18-2)8-3-9-16(10-14)13(17)11-4-6-12(15)7-5-11/h4-7H,3,8-10H2,1-2H3. The van der Waals surface area contributed by atoms with Gasteiger partial charge in [0.15, 0.2) is 0 Å². The van der Waals surface area contributed by atoms with Gasteiger partial charge >= 0.3 is 0 Å². The molecule has 1 amide bonds. The second kappa shape index (κ2) is 5.41. The Morgan fingerprint density at radius 2 is 2.06 bits per heavy atom. The van der Waals surface area contributed by atoms with Crippen LogP contribution in [0.15, 0.2) is 28.7 Å². The Labute approximate surface area is 116 Å². The number of ether oxygens (including phenoxy) is 1. The summed E-state index contributed by atoms with van der Waals surface area (Å²) in [5, 5.41) is 0. The molecule has 0 saturated carbocycles. The summed E-state index contributed by atoms with van der Waals surface area (Å²) in [7, 11) is 1.72. The van der Waals surface area contributed by atoms with E-state index in [0.717, 1.165) is 29.4 Å². The maximum absolute atomic E-state index is 12.4. The highest BCUT2D eigenvalue weighted by atomic mass is 79.9. The first-order valence-electron chi connectivity index (χ1n) is 6.14. The molecule has 3 nitrogen and oxygen atoms in total. The lowest BCUT2D eigenvalue weighted by molar-refractivity contribution is -0.0440. The van der Waals surface area contributed by atoms with E-state index in [4.69, 9.17) is 4.74 Å². The number of carbonyl (C=O) groups is 1. The van der Waals surface area contributed by atoms with Gasteiger partial charge in [-0.25, -0.2) is 0 Å². The van der Waals surface area contributed by atoms with Crippen LogP contribution in [0, 0.1) is 0 Å². The lowest BCUT2D eigenvalue weighted by Gasteiger charge is -2.39. The number of benzene rings is 1. The van der Waals surface area contributed by atoms with Gasteiger partial charge in [-0.05, 0) is 44.0 Å². The first kappa shape index (κ1) is 13.6. The van der Waals surface area contributed by atoms with Crippen molar-refractivity contribution in [2.75, 3.05) is 20.2 Å². The number of hydrogen-bond acceptors (Lipinski definition) is 2. The molecule has 1 aliphatic rings. The topological polar surface area (TPSA) is 29.5 Å². The van der Waals surface area contributed by atoms with Crippen LogP contribution in [0.2, 0.25) is 0 Å². The van der Waals surface area contributed by atoms with E-state index >= 15 is 0 Å². The Morgan fingerprint density at radius 1 is 1.39 bits per heavy atom. The average molecular weight is 312 g/mol. The molecule has 0 bridgehead atoms. The van der Waals surface area contributed by atoms with Gasteiger partial charge in [-0.2, -0.15) is 0 Å². The van der Waals surface area contributed by atoms with Crippen molar-refractivity contribution >= 4 is 21.8 Å². The number of piperidine rings is 1. The Morgan fingerprint density at radius 3 is 2.67 bits per heavy atom. The number of hydrogen-bond donors (Lipinski definition) is 0. The number of amides is 1. The molecule has 1 unspecified atom stereocenters. The van der Waals surface area contributed by atoms with Crippen molar-refractivity contribution in [3.63, 3.8) is 0 Å². The zero-order valence-corrected chi connectivity index (χ0v) is 12.4. The average Bonchev–Trinajstić information content (AvgIpc) is 2.39. The number of carbonyl (C=O) groups excluding carboxylic acids is 1. The summed E-state index contributed by atoms with van der Waals surface area (Å²) in [6.07, 6.45) is 2.00. The summed E-state index contributed by atoms with van der Waals surface area (Å²) in [5.41, 5.74) is 0.530. The molecule has 0 N–H and O–H groups in total. The molecular formula is C14H18BrNO2. The van der Waals surface area contributed by atoms with E-state index in [1.54, 1.807) is 7.11 Å². The van der Waals surface area contributed by atoms with Gasteiger partial charge in [-0.1, -0.05) is 15.9 Å². The first-order chi connectivity index (χ1) is 8.54. The minimum Gasteiger partial charge on any atom is -0.377 e. The molecule has 2 rings (SSSR count). The van der Waals surface area contributed by atoms with Crippen LogP contribution < -0.4 is 0 Å². The van der Waals surface area contributed by atoms with E-state index in [2.05, 4.69) is 22.9 Å². The predicted molar refractivity (Wildman–Crippen MR) is 74.7 cm³/mol. The summed E-state index contributed by atoms with van der Waals surface area (Å²) in [6, 6.07) is 7.50. The van der Waals surface area contributed by atoms with Gasteiger partial charge in [-0.3, -0.25) is 4.79 Å². The van der Waals surface area contributed by atoms with Crippen molar-refractivity contribution in [2.45, 2.75) is 25.4 Å². The molecule has 98 valence electrons. The van der Waals surface area contributed by atoms with E-state index < -0.39 is 0 Å². The zero-order valence-electron chi connectivity index (χ0n) is 10.8. The van der Waals surface area contributed by atoms with Crippen LogP contribution in [0.1, 0.15) is 30.1 Å². The third-order valence-electron chi connectivity index (χ3n) is 3.53. The van der Waals surface area contributed by atoms with Crippen molar-refractivity contribution in [1.29, 1.82) is 0 Å². The predicted octanol–water partition coefficient (Wildman–Crippen LogP) is 3.09. The smallest absolute Gasteiger partial charge is 0.253 e. The van der Waals surface area contributed by atoms with Crippen LogP contribution in [0.5, 0.6) is 0 Å². The SMILES string of the molecule is COC1(C)CCCN(C(=O)c2ccc(Br)cc2)C1. The van der Waals surface area contributed by atoms with Gasteiger partial charge in [-0.15, -0.1) is 0 Å². The van der Waals surface area contributed by atoms with Crippen molar-refractivity contribution < 1.29 is 9.53 Å². The lowest BCUT2D eigenvalue weighted by atomic mass is 9.94. The quantitative estimate of drug-likeness (QED) is 0.840. The number of methoxy groups -OCH3 is 1. The molecule has 0 aliphatic carbocycles. The number of nitrogens with zero attached hydrogens (tertiary/aromatic N) is 1. The Kier molecular flexibility index (Phi) is 4.07. The highest BCUT2D eigenvalue weighted by molar-refractivity contribution is 9.10. The van der Waals surface area contributed by atoms with Crippen molar-refractivity contribution in [3.8, 4) is 0 Å². The summed E-state index contributed by atoms with van der Waals surface area (Å²) < 4.78 is 6.50. The molecule has 4 heteroatoms. The van der Waals surface area contributed by atoms with E-state index in [-0.39, 0.29) is 11.5 Å². The zero-order chi connectivity index (χ0) is 13.2. The number of halogens is 1. The molecule has 0 radical (unpaired) electrons. The molecule has 0 spiro atoms. The van der Waals surface area contributed by atoms with Gasteiger partial charge in [0, 0.05) is 30.2 Å². The minimum atomic E-state index is -0.205. The van der Waals surface area contributed by atoms with Crippen LogP contribution in [0.25, 0.3) is 0 Å². The highest BCUT2D eigenvalue weighted by Gasteiger charge is 2.33. The lowest BCUT2D eigenvalue weighted by Crippen LogP contribution is -2.49. The van der Waals surface area contributed by atoms with Gasteiger partial charge in [0.1, 0.15) is 0 Å². The fourth-order valence-corrected chi connectivity index (χ4v) is 2.59. The maximum Gasteiger partial charge on any atom is 0.253 e. The molecule has 1 heterocycles. The van der Waals surface area contributed by atoms with E-state index in [1.165, 1.54) is 0 Å². The Hall–Kier alpha value is -0.870. The van der Waals surface area contributed by atoms with E-state index in [1.807, 2.05) is 29.2 Å². The largest absolute Gasteiger partial charge is 0.377 e. The van der Waals surface area contributed by atoms with Crippen LogP contribution in [-0.4, -0.2) is 36.6 Å². The maximum atomic E-state index is 12.4. The van der Waals surface area contributed by atoms with Crippen molar-refractivity contribution in [3.05, 3.63) is 34.3 Å². The molecule has 1 saturated heterocycles. The molecule has 18 heavy (non-hydrogen) atoms. The summed E-state index contributed by atoms with van der Waals surface area (Å²) >= 11 is 3.37. The third-order valence-corrected chi connectivity index (χ3v) is 4.06. The van der Waals surface area contributed by atoms with E-state index in [9.17, 15) is 4.79 Å². The molecule has 1 aromatic carbocycles. The fraction of sp³-hybridized carbons (Fsp3) is 0.500. The summed E-state index contributed by atoms with van der Waals surface area (Å²) in [6.45, 7) is 3.54. The normalized spacial score (nSPS) is 24.1. The monoisotopic (exact) mass is 311 g/mol. The first-order valence-corrected chi connectivity index (χ1v) is 6.93. The molecule has 0 aromatic heterocycles. The van der Waals surface area contributed by atoms with Crippen molar-refractivity contribution in [2.24, 2.45) is 0 Å². The van der Waals surface area contributed by atoms with Gasteiger partial charge in [0.2, 0.25) is 0 Å². The van der Waals surface area contributed by atoms with Gasteiger partial charge < -0.3 is 9.64 Å². The second-order valence-corrected chi connectivity index (χ2v) is 5.91. The Balaban J connectivity index is 2.11. The molecule has 1 aliphatic heterocycles. The highest BCUT2D eigenvalue weighted by Crippen LogP contribution is 2.25. The van der Waals surface area contributed by atoms with Gasteiger partial charge in [0.25, 0.3) is 5.91 Å². The fourth-order valence-electron chi connectivity index (χ4n) is 2.32. The number of rotatable bonds is 2. The third kappa shape index (κ3) is 2.93. The summed E-state index contributed by atoms with van der Waals surface area (Å²) in [4.78, 5) is 14.3. The van der Waals surface area contributed by atoms with E-state index in [0.29, 0.717) is 6.54 Å². The number of likely N-dealkylation sites (tertiary alicyclic amines) is 1. The van der Waals surface area contributed by atoms with Crippen LogP contribution >= 0.6 is 15.9 Å². The molecular weight excluding hydrogens is 294 g/mol. The van der Waals surface area contributed by atoms with Crippen LogP contribution in [0.3, 0.4) is 0 Å². The minimum absolute atomic E-state index is 0.0884. The van der Waals surface area contributed by atoms with Crippen LogP contribution in [0.4, 0.5) is 0 Å². The Bertz CT molecular complexity index is 432. The molecule has 1 atom stereocenters.